The van der Waals surface area contributed by atoms with Crippen LogP contribution in [0, 0.1) is 0 Å². The fourth-order valence-corrected chi connectivity index (χ4v) is 4.61. The van der Waals surface area contributed by atoms with Gasteiger partial charge in [0.05, 0.1) is 24.8 Å². The molecule has 134 valence electrons. The molecular weight excluding hydrogens is 342 g/mol. The lowest BCUT2D eigenvalue weighted by Gasteiger charge is -2.24. The summed E-state index contributed by atoms with van der Waals surface area (Å²) in [6.07, 6.45) is 2.14. The van der Waals surface area contributed by atoms with E-state index < -0.39 is 9.84 Å². The summed E-state index contributed by atoms with van der Waals surface area (Å²) in [6, 6.07) is 7.61. The van der Waals surface area contributed by atoms with Crippen LogP contribution in [-0.2, 0) is 16.4 Å². The van der Waals surface area contributed by atoms with E-state index in [1.807, 2.05) is 36.2 Å². The van der Waals surface area contributed by atoms with Crippen LogP contribution in [0.25, 0.3) is 0 Å². The predicted molar refractivity (Wildman–Crippen MR) is 95.6 cm³/mol. The highest BCUT2D eigenvalue weighted by Crippen LogP contribution is 2.22. The number of rotatable bonds is 6. The maximum Gasteiger partial charge on any atom is 0.244 e. The number of anilines is 2. The Morgan fingerprint density at radius 1 is 1.36 bits per heavy atom. The maximum atomic E-state index is 11.7. The second-order valence-electron chi connectivity index (χ2n) is 5.97. The number of benzene rings is 1. The number of ether oxygens (including phenoxy) is 1. The molecule has 0 amide bonds. The third-order valence-electron chi connectivity index (χ3n) is 4.29. The first kappa shape index (κ1) is 17.4. The fourth-order valence-electron chi connectivity index (χ4n) is 2.83. The van der Waals surface area contributed by atoms with Gasteiger partial charge in [0.2, 0.25) is 5.95 Å². The first-order chi connectivity index (χ1) is 12.0. The lowest BCUT2D eigenvalue weighted by molar-refractivity contribution is 0.410. The molecule has 1 saturated heterocycles. The third kappa shape index (κ3) is 4.16. The number of nitrogens with one attached hydrogen (secondary N) is 1. The summed E-state index contributed by atoms with van der Waals surface area (Å²) in [5.74, 6) is 2.14. The molecule has 3 rings (SSSR count). The SMILES string of the molecule is COc1ccccc1CNc1nncc(N(C)C2CCS(=O)(=O)C2)n1. The van der Waals surface area contributed by atoms with Gasteiger partial charge in [-0.2, -0.15) is 10.1 Å². The van der Waals surface area contributed by atoms with E-state index >= 15 is 0 Å². The summed E-state index contributed by atoms with van der Waals surface area (Å²) in [5.41, 5.74) is 0.981. The highest BCUT2D eigenvalue weighted by Gasteiger charge is 2.31. The average molecular weight is 363 g/mol. The van der Waals surface area contributed by atoms with Crippen molar-refractivity contribution in [2.24, 2.45) is 0 Å². The van der Waals surface area contributed by atoms with Crippen molar-refractivity contribution in [1.82, 2.24) is 15.2 Å². The van der Waals surface area contributed by atoms with Crippen LogP contribution in [0.1, 0.15) is 12.0 Å². The highest BCUT2D eigenvalue weighted by atomic mass is 32.2. The van der Waals surface area contributed by atoms with Crippen LogP contribution in [0.3, 0.4) is 0 Å². The van der Waals surface area contributed by atoms with Gasteiger partial charge < -0.3 is 15.0 Å². The van der Waals surface area contributed by atoms with E-state index in [4.69, 9.17) is 4.74 Å². The molecule has 1 aliphatic rings. The van der Waals surface area contributed by atoms with Gasteiger partial charge in [0.15, 0.2) is 15.7 Å². The number of methoxy groups -OCH3 is 1. The Kier molecular flexibility index (Phi) is 5.03. The monoisotopic (exact) mass is 363 g/mol. The smallest absolute Gasteiger partial charge is 0.244 e. The standard InChI is InChI=1S/C16H21N5O3S/c1-21(13-7-8-25(22,23)11-13)15-10-18-20-16(19-15)17-9-12-5-3-4-6-14(12)24-2/h3-6,10,13H,7-9,11H2,1-2H3,(H,17,19,20). The van der Waals surface area contributed by atoms with Crippen LogP contribution < -0.4 is 15.0 Å². The molecule has 2 aromatic rings. The van der Waals surface area contributed by atoms with Gasteiger partial charge in [-0.05, 0) is 12.5 Å². The van der Waals surface area contributed by atoms with Crippen molar-refractivity contribution >= 4 is 21.6 Å². The predicted octanol–water partition coefficient (Wildman–Crippen LogP) is 1.12. The van der Waals surface area contributed by atoms with Crippen LogP contribution in [0.2, 0.25) is 0 Å². The zero-order chi connectivity index (χ0) is 17.9. The second kappa shape index (κ2) is 7.22. The van der Waals surface area contributed by atoms with Crippen molar-refractivity contribution in [3.8, 4) is 5.75 Å². The van der Waals surface area contributed by atoms with Crippen molar-refractivity contribution in [2.75, 3.05) is 35.9 Å². The van der Waals surface area contributed by atoms with Gasteiger partial charge in [0.25, 0.3) is 0 Å². The Balaban J connectivity index is 1.69. The minimum absolute atomic E-state index is 0.0798. The normalized spacial score (nSPS) is 18.7. The van der Waals surface area contributed by atoms with Crippen LogP contribution in [-0.4, -0.2) is 55.3 Å². The first-order valence-electron chi connectivity index (χ1n) is 7.97. The van der Waals surface area contributed by atoms with Gasteiger partial charge in [0, 0.05) is 25.2 Å². The van der Waals surface area contributed by atoms with E-state index in [1.165, 1.54) is 0 Å². The molecule has 0 aliphatic carbocycles. The van der Waals surface area contributed by atoms with Gasteiger partial charge in [-0.25, -0.2) is 8.42 Å². The first-order valence-corrected chi connectivity index (χ1v) is 9.79. The van der Waals surface area contributed by atoms with Crippen molar-refractivity contribution in [1.29, 1.82) is 0 Å². The molecule has 0 spiro atoms. The summed E-state index contributed by atoms with van der Waals surface area (Å²) in [6.45, 7) is 0.497. The van der Waals surface area contributed by atoms with Crippen molar-refractivity contribution < 1.29 is 13.2 Å². The molecule has 1 aliphatic heterocycles. The third-order valence-corrected chi connectivity index (χ3v) is 6.04. The molecule has 1 aromatic heterocycles. The molecule has 1 atom stereocenters. The summed E-state index contributed by atoms with van der Waals surface area (Å²) in [5, 5.41) is 11.1. The topological polar surface area (TPSA) is 97.3 Å². The summed E-state index contributed by atoms with van der Waals surface area (Å²) in [4.78, 5) is 6.30. The molecule has 1 unspecified atom stereocenters. The molecule has 8 nitrogen and oxygen atoms in total. The number of aromatic nitrogens is 3. The lowest BCUT2D eigenvalue weighted by Crippen LogP contribution is -2.33. The molecule has 25 heavy (non-hydrogen) atoms. The minimum atomic E-state index is -2.95. The van der Waals surface area contributed by atoms with Crippen LogP contribution in [0.4, 0.5) is 11.8 Å². The van der Waals surface area contributed by atoms with Crippen LogP contribution >= 0.6 is 0 Å². The maximum absolute atomic E-state index is 11.7. The summed E-state index contributed by atoms with van der Waals surface area (Å²) in [7, 11) is 0.512. The zero-order valence-electron chi connectivity index (χ0n) is 14.2. The van der Waals surface area contributed by atoms with E-state index in [2.05, 4.69) is 20.5 Å². The van der Waals surface area contributed by atoms with Gasteiger partial charge in [-0.3, -0.25) is 0 Å². The van der Waals surface area contributed by atoms with E-state index in [0.29, 0.717) is 24.7 Å². The minimum Gasteiger partial charge on any atom is -0.496 e. The molecule has 1 N–H and O–H groups in total. The van der Waals surface area contributed by atoms with Gasteiger partial charge in [0.1, 0.15) is 5.75 Å². The summed E-state index contributed by atoms with van der Waals surface area (Å²) >= 11 is 0. The Labute approximate surface area is 147 Å². The van der Waals surface area contributed by atoms with E-state index in [-0.39, 0.29) is 17.5 Å². The molecule has 2 heterocycles. The molecule has 0 radical (unpaired) electrons. The fraction of sp³-hybridized carbons (Fsp3) is 0.438. The number of para-hydroxylation sites is 1. The Hall–Kier alpha value is -2.42. The number of sulfone groups is 1. The molecule has 9 heteroatoms. The molecule has 1 fully saturated rings. The molecule has 0 saturated carbocycles. The second-order valence-corrected chi connectivity index (χ2v) is 8.20. The van der Waals surface area contributed by atoms with Gasteiger partial charge in [-0.15, -0.1) is 5.10 Å². The van der Waals surface area contributed by atoms with Gasteiger partial charge in [-0.1, -0.05) is 18.2 Å². The molecular formula is C16H21N5O3S. The Morgan fingerprint density at radius 3 is 2.88 bits per heavy atom. The van der Waals surface area contributed by atoms with Crippen molar-refractivity contribution in [3.05, 3.63) is 36.0 Å². The number of nitrogens with zero attached hydrogens (tertiary/aromatic N) is 4. The van der Waals surface area contributed by atoms with Crippen molar-refractivity contribution in [2.45, 2.75) is 19.0 Å². The number of hydrogen-bond donors (Lipinski definition) is 1. The average Bonchev–Trinajstić information content (AvgIpc) is 2.99. The van der Waals surface area contributed by atoms with Crippen molar-refractivity contribution in [3.63, 3.8) is 0 Å². The Morgan fingerprint density at radius 2 is 2.16 bits per heavy atom. The molecule has 1 aromatic carbocycles. The van der Waals surface area contributed by atoms with E-state index in [9.17, 15) is 8.42 Å². The lowest BCUT2D eigenvalue weighted by atomic mass is 10.2. The quantitative estimate of drug-likeness (QED) is 0.815. The van der Waals surface area contributed by atoms with E-state index in [0.717, 1.165) is 11.3 Å². The largest absolute Gasteiger partial charge is 0.496 e. The zero-order valence-corrected chi connectivity index (χ0v) is 15.0. The summed E-state index contributed by atoms with van der Waals surface area (Å²) < 4.78 is 28.6. The number of hydrogen-bond acceptors (Lipinski definition) is 8. The van der Waals surface area contributed by atoms with Crippen LogP contribution in [0.15, 0.2) is 30.5 Å². The Bertz CT molecular complexity index is 843. The van der Waals surface area contributed by atoms with Gasteiger partial charge >= 0.3 is 0 Å². The van der Waals surface area contributed by atoms with Crippen LogP contribution in [0.5, 0.6) is 5.75 Å². The molecule has 0 bridgehead atoms. The highest BCUT2D eigenvalue weighted by molar-refractivity contribution is 7.91. The van der Waals surface area contributed by atoms with E-state index in [1.54, 1.807) is 13.3 Å².